The molecule has 3 aliphatic rings. The predicted octanol–water partition coefficient (Wildman–Crippen LogP) is 2.08. The van der Waals surface area contributed by atoms with Gasteiger partial charge in [-0.1, -0.05) is 12.1 Å². The lowest BCUT2D eigenvalue weighted by atomic mass is 10.1. The monoisotopic (exact) mass is 287 g/mol. The Balaban J connectivity index is 1.65. The van der Waals surface area contributed by atoms with E-state index in [1.807, 2.05) is 29.2 Å². The van der Waals surface area contributed by atoms with Crippen LogP contribution in [0, 0.1) is 0 Å². The van der Waals surface area contributed by atoms with Gasteiger partial charge in [0.1, 0.15) is 6.10 Å². The van der Waals surface area contributed by atoms with Gasteiger partial charge in [-0.05, 0) is 31.4 Å². The topological polar surface area (TPSA) is 51.3 Å². The summed E-state index contributed by atoms with van der Waals surface area (Å²) in [5, 5.41) is 0. The SMILES string of the molecule is O=C(C1=C(C2CO2)Oc2ccccc2O1)N1CCCCC1. The molecule has 5 nitrogen and oxygen atoms in total. The lowest BCUT2D eigenvalue weighted by molar-refractivity contribution is -0.130. The molecule has 1 atom stereocenters. The van der Waals surface area contributed by atoms with E-state index >= 15 is 0 Å². The van der Waals surface area contributed by atoms with Crippen molar-refractivity contribution in [3.8, 4) is 11.5 Å². The minimum atomic E-state index is -0.151. The summed E-state index contributed by atoms with van der Waals surface area (Å²) in [6.07, 6.45) is 3.13. The van der Waals surface area contributed by atoms with Crippen LogP contribution in [0.4, 0.5) is 0 Å². The Labute approximate surface area is 123 Å². The molecule has 2 fully saturated rings. The maximum atomic E-state index is 12.7. The van der Waals surface area contributed by atoms with Crippen LogP contribution in [0.15, 0.2) is 35.8 Å². The molecule has 3 heterocycles. The molecule has 0 aromatic heterocycles. The van der Waals surface area contributed by atoms with Gasteiger partial charge in [0, 0.05) is 13.1 Å². The Morgan fingerprint density at radius 2 is 1.71 bits per heavy atom. The van der Waals surface area contributed by atoms with E-state index in [0.29, 0.717) is 23.9 Å². The van der Waals surface area contributed by atoms with Crippen LogP contribution in [0.2, 0.25) is 0 Å². The third kappa shape index (κ3) is 2.38. The molecule has 0 bridgehead atoms. The lowest BCUT2D eigenvalue weighted by Gasteiger charge is -2.29. The number of epoxide rings is 1. The van der Waals surface area contributed by atoms with E-state index in [0.717, 1.165) is 25.9 Å². The second-order valence-corrected chi connectivity index (χ2v) is 5.52. The fourth-order valence-electron chi connectivity index (χ4n) is 2.74. The summed E-state index contributed by atoms with van der Waals surface area (Å²) in [7, 11) is 0. The number of fused-ring (bicyclic) bond motifs is 1. The molecule has 5 heteroatoms. The third-order valence-corrected chi connectivity index (χ3v) is 3.97. The summed E-state index contributed by atoms with van der Waals surface area (Å²) in [4.78, 5) is 14.6. The minimum Gasteiger partial charge on any atom is -0.451 e. The van der Waals surface area contributed by atoms with E-state index in [4.69, 9.17) is 14.2 Å². The zero-order chi connectivity index (χ0) is 14.2. The number of para-hydroxylation sites is 2. The van der Waals surface area contributed by atoms with Crippen molar-refractivity contribution in [2.24, 2.45) is 0 Å². The van der Waals surface area contributed by atoms with Gasteiger partial charge in [0.25, 0.3) is 5.91 Å². The number of rotatable bonds is 2. The fraction of sp³-hybridized carbons (Fsp3) is 0.438. The van der Waals surface area contributed by atoms with Crippen molar-refractivity contribution in [2.45, 2.75) is 25.4 Å². The number of likely N-dealkylation sites (tertiary alicyclic amines) is 1. The largest absolute Gasteiger partial charge is 0.451 e. The van der Waals surface area contributed by atoms with Gasteiger partial charge in [-0.3, -0.25) is 4.79 Å². The highest BCUT2D eigenvalue weighted by atomic mass is 16.6. The smallest absolute Gasteiger partial charge is 0.293 e. The maximum Gasteiger partial charge on any atom is 0.293 e. The van der Waals surface area contributed by atoms with Crippen molar-refractivity contribution in [2.75, 3.05) is 19.7 Å². The highest BCUT2D eigenvalue weighted by molar-refractivity contribution is 5.93. The van der Waals surface area contributed by atoms with Crippen LogP contribution in [-0.2, 0) is 9.53 Å². The Bertz CT molecular complexity index is 600. The molecule has 0 N–H and O–H groups in total. The van der Waals surface area contributed by atoms with Gasteiger partial charge in [0.2, 0.25) is 5.76 Å². The maximum absolute atomic E-state index is 12.7. The van der Waals surface area contributed by atoms with Gasteiger partial charge >= 0.3 is 0 Å². The summed E-state index contributed by atoms with van der Waals surface area (Å²) in [6.45, 7) is 2.15. The summed E-state index contributed by atoms with van der Waals surface area (Å²) >= 11 is 0. The number of carbonyl (C=O) groups is 1. The van der Waals surface area contributed by atoms with Crippen molar-refractivity contribution in [3.05, 3.63) is 35.8 Å². The molecule has 1 aromatic rings. The first-order valence-electron chi connectivity index (χ1n) is 7.43. The van der Waals surface area contributed by atoms with E-state index in [1.54, 1.807) is 0 Å². The normalized spacial score (nSPS) is 24.0. The number of amides is 1. The van der Waals surface area contributed by atoms with Crippen molar-refractivity contribution in [1.82, 2.24) is 4.90 Å². The molecule has 0 radical (unpaired) electrons. The first-order valence-corrected chi connectivity index (χ1v) is 7.43. The number of carbonyl (C=O) groups excluding carboxylic acids is 1. The molecule has 21 heavy (non-hydrogen) atoms. The van der Waals surface area contributed by atoms with Gasteiger partial charge in [0.05, 0.1) is 6.61 Å². The second kappa shape index (κ2) is 5.07. The number of hydrogen-bond donors (Lipinski definition) is 0. The molecule has 0 saturated carbocycles. The van der Waals surface area contributed by atoms with Gasteiger partial charge < -0.3 is 19.1 Å². The molecule has 1 amide bonds. The molecule has 1 aromatic carbocycles. The van der Waals surface area contributed by atoms with Crippen LogP contribution in [-0.4, -0.2) is 36.6 Å². The number of nitrogens with zero attached hydrogens (tertiary/aromatic N) is 1. The van der Waals surface area contributed by atoms with Crippen molar-refractivity contribution in [3.63, 3.8) is 0 Å². The molecule has 0 aliphatic carbocycles. The highest BCUT2D eigenvalue weighted by Crippen LogP contribution is 2.38. The van der Waals surface area contributed by atoms with Crippen LogP contribution in [0.3, 0.4) is 0 Å². The highest BCUT2D eigenvalue weighted by Gasteiger charge is 2.40. The van der Waals surface area contributed by atoms with Crippen LogP contribution in [0.25, 0.3) is 0 Å². The van der Waals surface area contributed by atoms with Crippen LogP contribution >= 0.6 is 0 Å². The van der Waals surface area contributed by atoms with Crippen LogP contribution < -0.4 is 9.47 Å². The zero-order valence-corrected chi connectivity index (χ0v) is 11.7. The molecule has 110 valence electrons. The van der Waals surface area contributed by atoms with Gasteiger partial charge in [0.15, 0.2) is 17.3 Å². The molecule has 3 aliphatic heterocycles. The van der Waals surface area contributed by atoms with E-state index in [1.165, 1.54) is 6.42 Å². The van der Waals surface area contributed by atoms with E-state index in [9.17, 15) is 4.79 Å². The lowest BCUT2D eigenvalue weighted by Crippen LogP contribution is -2.39. The number of benzene rings is 1. The Kier molecular flexibility index (Phi) is 3.07. The standard InChI is InChI=1S/C16H17NO4/c18-16(17-8-4-1-5-9-17)15-14(13-10-19-13)20-11-6-2-3-7-12(11)21-15/h2-3,6-7,13H,1,4-5,8-10H2. The zero-order valence-electron chi connectivity index (χ0n) is 11.7. The third-order valence-electron chi connectivity index (χ3n) is 3.97. The molecule has 1 unspecified atom stereocenters. The number of hydrogen-bond acceptors (Lipinski definition) is 4. The first kappa shape index (κ1) is 12.7. The van der Waals surface area contributed by atoms with Gasteiger partial charge in [-0.2, -0.15) is 0 Å². The average Bonchev–Trinajstić information content (AvgIpc) is 3.38. The summed E-state index contributed by atoms with van der Waals surface area (Å²) in [5.74, 6) is 1.94. The van der Waals surface area contributed by atoms with E-state index in [2.05, 4.69) is 0 Å². The van der Waals surface area contributed by atoms with Crippen molar-refractivity contribution in [1.29, 1.82) is 0 Å². The summed E-state index contributed by atoms with van der Waals surface area (Å²) < 4.78 is 17.0. The van der Waals surface area contributed by atoms with Crippen LogP contribution in [0.5, 0.6) is 11.5 Å². The summed E-state index contributed by atoms with van der Waals surface area (Å²) in [6, 6.07) is 7.39. The van der Waals surface area contributed by atoms with Crippen molar-refractivity contribution >= 4 is 5.91 Å². The van der Waals surface area contributed by atoms with E-state index in [-0.39, 0.29) is 17.8 Å². The fourth-order valence-corrected chi connectivity index (χ4v) is 2.74. The molecular weight excluding hydrogens is 270 g/mol. The first-order chi connectivity index (χ1) is 10.3. The van der Waals surface area contributed by atoms with Gasteiger partial charge in [-0.25, -0.2) is 0 Å². The Morgan fingerprint density at radius 1 is 1.05 bits per heavy atom. The summed E-state index contributed by atoms with van der Waals surface area (Å²) in [5.41, 5.74) is 0. The Morgan fingerprint density at radius 3 is 2.38 bits per heavy atom. The minimum absolute atomic E-state index is 0.0882. The van der Waals surface area contributed by atoms with E-state index < -0.39 is 0 Å². The quantitative estimate of drug-likeness (QED) is 0.781. The molecular formula is C16H17NO4. The second-order valence-electron chi connectivity index (χ2n) is 5.52. The molecule has 2 saturated heterocycles. The van der Waals surface area contributed by atoms with Crippen molar-refractivity contribution < 1.29 is 19.0 Å². The molecule has 0 spiro atoms. The average molecular weight is 287 g/mol. The molecule has 4 rings (SSSR count). The predicted molar refractivity (Wildman–Crippen MR) is 74.9 cm³/mol. The number of ether oxygens (including phenoxy) is 3. The number of piperidine rings is 1. The Hall–Kier alpha value is -2.01. The van der Waals surface area contributed by atoms with Gasteiger partial charge in [-0.15, -0.1) is 0 Å². The van der Waals surface area contributed by atoms with Crippen LogP contribution in [0.1, 0.15) is 19.3 Å².